The quantitative estimate of drug-likeness (QED) is 0.909. The molecule has 2 aromatic rings. The van der Waals surface area contributed by atoms with Gasteiger partial charge in [0.2, 0.25) is 0 Å². The minimum Gasteiger partial charge on any atom is -0.464 e. The molecule has 4 rings (SSSR count). The van der Waals surface area contributed by atoms with Crippen LogP contribution in [-0.2, 0) is 6.54 Å². The Morgan fingerprint density at radius 1 is 1.15 bits per heavy atom. The molecule has 1 spiro atoms. The predicted molar refractivity (Wildman–Crippen MR) is 80.6 cm³/mol. The summed E-state index contributed by atoms with van der Waals surface area (Å²) < 4.78 is 5.66. The highest BCUT2D eigenvalue weighted by atomic mass is 16.3. The zero-order valence-corrected chi connectivity index (χ0v) is 11.9. The Morgan fingerprint density at radius 2 is 2.00 bits per heavy atom. The number of fused-ring (bicyclic) bond motifs is 1. The van der Waals surface area contributed by atoms with E-state index in [1.54, 1.807) is 0 Å². The van der Waals surface area contributed by atoms with Crippen molar-refractivity contribution >= 4 is 11.0 Å². The van der Waals surface area contributed by atoms with Gasteiger partial charge >= 0.3 is 0 Å². The molecule has 3 nitrogen and oxygen atoms in total. The van der Waals surface area contributed by atoms with Crippen molar-refractivity contribution in [2.24, 2.45) is 5.41 Å². The molecule has 3 heteroatoms. The van der Waals surface area contributed by atoms with Gasteiger partial charge < -0.3 is 9.73 Å². The first kappa shape index (κ1) is 12.4. The van der Waals surface area contributed by atoms with Crippen LogP contribution in [0.2, 0.25) is 0 Å². The lowest BCUT2D eigenvalue weighted by Crippen LogP contribution is -2.38. The maximum Gasteiger partial charge on any atom is 0.134 e. The Balaban J connectivity index is 1.50. The maximum absolute atomic E-state index is 5.66. The zero-order valence-electron chi connectivity index (χ0n) is 11.9. The van der Waals surface area contributed by atoms with E-state index in [2.05, 4.69) is 28.4 Å². The molecule has 106 valence electrons. The molecule has 0 saturated carbocycles. The molecule has 20 heavy (non-hydrogen) atoms. The van der Waals surface area contributed by atoms with Crippen LogP contribution in [0.1, 0.15) is 24.8 Å². The smallest absolute Gasteiger partial charge is 0.134 e. The molecule has 1 aromatic carbocycles. The third-order valence-corrected chi connectivity index (χ3v) is 5.14. The Labute approximate surface area is 119 Å². The standard InChI is InChI=1S/C17H22N2O/c1-2-4-16-15(3-1)14(12-20-16)11-19-10-7-17(13-19)5-8-18-9-6-17/h1-4,12,18H,5-11,13H2. The second-order valence-electron chi connectivity index (χ2n) is 6.47. The van der Waals surface area contributed by atoms with Gasteiger partial charge in [-0.15, -0.1) is 0 Å². The normalized spacial score (nSPS) is 22.8. The van der Waals surface area contributed by atoms with Crippen molar-refractivity contribution in [3.8, 4) is 0 Å². The summed E-state index contributed by atoms with van der Waals surface area (Å²) in [5, 5.41) is 4.76. The van der Waals surface area contributed by atoms with Crippen LogP contribution in [0.25, 0.3) is 11.0 Å². The molecule has 0 aliphatic carbocycles. The van der Waals surface area contributed by atoms with Crippen molar-refractivity contribution in [3.63, 3.8) is 0 Å². The van der Waals surface area contributed by atoms with Gasteiger partial charge in [0.05, 0.1) is 6.26 Å². The van der Waals surface area contributed by atoms with Crippen molar-refractivity contribution < 1.29 is 4.42 Å². The molecule has 1 N–H and O–H groups in total. The van der Waals surface area contributed by atoms with Crippen molar-refractivity contribution in [3.05, 3.63) is 36.1 Å². The predicted octanol–water partition coefficient (Wildman–Crippen LogP) is 3.01. The van der Waals surface area contributed by atoms with E-state index >= 15 is 0 Å². The second-order valence-corrected chi connectivity index (χ2v) is 6.47. The van der Waals surface area contributed by atoms with E-state index in [0.29, 0.717) is 5.41 Å². The molecule has 0 amide bonds. The Bertz CT molecular complexity index is 598. The van der Waals surface area contributed by atoms with E-state index in [0.717, 1.165) is 12.1 Å². The monoisotopic (exact) mass is 270 g/mol. The molecule has 2 fully saturated rings. The van der Waals surface area contributed by atoms with Crippen LogP contribution >= 0.6 is 0 Å². The number of rotatable bonds is 2. The summed E-state index contributed by atoms with van der Waals surface area (Å²) in [4.78, 5) is 2.61. The largest absolute Gasteiger partial charge is 0.464 e. The fourth-order valence-corrected chi connectivity index (χ4v) is 3.92. The highest BCUT2D eigenvalue weighted by Gasteiger charge is 2.38. The summed E-state index contributed by atoms with van der Waals surface area (Å²) in [6.45, 7) is 5.92. The Morgan fingerprint density at radius 3 is 2.90 bits per heavy atom. The molecule has 3 heterocycles. The van der Waals surface area contributed by atoms with Crippen LogP contribution in [0.3, 0.4) is 0 Å². The molecule has 0 unspecified atom stereocenters. The summed E-state index contributed by atoms with van der Waals surface area (Å²) in [5.74, 6) is 0. The van der Waals surface area contributed by atoms with E-state index in [-0.39, 0.29) is 0 Å². The summed E-state index contributed by atoms with van der Waals surface area (Å²) in [6, 6.07) is 8.36. The zero-order chi connectivity index (χ0) is 13.4. The van der Waals surface area contributed by atoms with Gasteiger partial charge in [0.1, 0.15) is 5.58 Å². The number of hydrogen-bond donors (Lipinski definition) is 1. The minimum absolute atomic E-state index is 0.588. The fourth-order valence-electron chi connectivity index (χ4n) is 3.92. The van der Waals surface area contributed by atoms with Crippen LogP contribution in [0.4, 0.5) is 0 Å². The highest BCUT2D eigenvalue weighted by molar-refractivity contribution is 5.80. The average molecular weight is 270 g/mol. The van der Waals surface area contributed by atoms with Crippen molar-refractivity contribution in [2.75, 3.05) is 26.2 Å². The molecule has 0 radical (unpaired) electrons. The second kappa shape index (κ2) is 4.90. The number of para-hydroxylation sites is 1. The van der Waals surface area contributed by atoms with E-state index in [4.69, 9.17) is 4.42 Å². The summed E-state index contributed by atoms with van der Waals surface area (Å²) >= 11 is 0. The van der Waals surface area contributed by atoms with E-state index < -0.39 is 0 Å². The van der Waals surface area contributed by atoms with Gasteiger partial charge in [-0.2, -0.15) is 0 Å². The van der Waals surface area contributed by atoms with E-state index in [1.807, 2.05) is 12.3 Å². The number of nitrogens with one attached hydrogen (secondary N) is 1. The third-order valence-electron chi connectivity index (χ3n) is 5.14. The van der Waals surface area contributed by atoms with Crippen LogP contribution < -0.4 is 5.32 Å². The minimum atomic E-state index is 0.588. The van der Waals surface area contributed by atoms with Crippen LogP contribution in [0, 0.1) is 5.41 Å². The lowest BCUT2D eigenvalue weighted by atomic mass is 9.78. The van der Waals surface area contributed by atoms with Crippen LogP contribution in [-0.4, -0.2) is 31.1 Å². The van der Waals surface area contributed by atoms with Crippen LogP contribution in [0.5, 0.6) is 0 Å². The Hall–Kier alpha value is -1.32. The summed E-state index contributed by atoms with van der Waals surface area (Å²) in [5.41, 5.74) is 2.94. The first-order valence-electron chi connectivity index (χ1n) is 7.73. The van der Waals surface area contributed by atoms with Gasteiger partial charge in [0.15, 0.2) is 0 Å². The van der Waals surface area contributed by atoms with Crippen molar-refractivity contribution in [2.45, 2.75) is 25.8 Å². The molecule has 0 bridgehead atoms. The van der Waals surface area contributed by atoms with Gasteiger partial charge in [0, 0.05) is 24.0 Å². The SMILES string of the molecule is c1ccc2c(CN3CCC4(CCNCC4)C3)coc2c1. The van der Waals surface area contributed by atoms with Crippen molar-refractivity contribution in [1.82, 2.24) is 10.2 Å². The van der Waals surface area contributed by atoms with Gasteiger partial charge in [-0.05, 0) is 50.4 Å². The third kappa shape index (κ3) is 2.15. The van der Waals surface area contributed by atoms with E-state index in [9.17, 15) is 0 Å². The fraction of sp³-hybridized carbons (Fsp3) is 0.529. The number of furan rings is 1. The summed E-state index contributed by atoms with van der Waals surface area (Å²) in [7, 11) is 0. The van der Waals surface area contributed by atoms with Crippen LogP contribution in [0.15, 0.2) is 34.9 Å². The molecule has 1 aromatic heterocycles. The molecule has 2 aliphatic heterocycles. The number of piperidine rings is 1. The number of hydrogen-bond acceptors (Lipinski definition) is 3. The highest BCUT2D eigenvalue weighted by Crippen LogP contribution is 2.39. The molecular weight excluding hydrogens is 248 g/mol. The number of benzene rings is 1. The maximum atomic E-state index is 5.66. The number of likely N-dealkylation sites (tertiary alicyclic amines) is 1. The topological polar surface area (TPSA) is 28.4 Å². The average Bonchev–Trinajstić information content (AvgIpc) is 3.06. The lowest BCUT2D eigenvalue weighted by molar-refractivity contribution is 0.194. The van der Waals surface area contributed by atoms with Gasteiger partial charge in [-0.25, -0.2) is 0 Å². The summed E-state index contributed by atoms with van der Waals surface area (Å²) in [6.07, 6.45) is 5.99. The van der Waals surface area contributed by atoms with Gasteiger partial charge in [0.25, 0.3) is 0 Å². The first-order chi connectivity index (χ1) is 9.85. The number of nitrogens with zero attached hydrogens (tertiary/aromatic N) is 1. The Kier molecular flexibility index (Phi) is 3.04. The first-order valence-corrected chi connectivity index (χ1v) is 7.73. The lowest BCUT2D eigenvalue weighted by Gasteiger charge is -2.33. The molecule has 0 atom stereocenters. The van der Waals surface area contributed by atoms with E-state index in [1.165, 1.54) is 56.4 Å². The molecule has 2 saturated heterocycles. The van der Waals surface area contributed by atoms with Gasteiger partial charge in [-0.3, -0.25) is 4.90 Å². The molecular formula is C17H22N2O. The van der Waals surface area contributed by atoms with Gasteiger partial charge in [-0.1, -0.05) is 18.2 Å². The van der Waals surface area contributed by atoms with Crippen molar-refractivity contribution in [1.29, 1.82) is 0 Å². The molecule has 2 aliphatic rings.